The average Bonchev–Trinajstić information content (AvgIpc) is 3.57. The van der Waals surface area contributed by atoms with Gasteiger partial charge in [-0.3, -0.25) is 28.4 Å². The van der Waals surface area contributed by atoms with Crippen LogP contribution in [0.2, 0.25) is 0 Å². The minimum absolute atomic E-state index is 0.00839. The number of hydrogen-bond donors (Lipinski definition) is 2. The van der Waals surface area contributed by atoms with Crippen molar-refractivity contribution < 1.29 is 56.1 Å². The third-order valence-electron chi connectivity index (χ3n) is 7.98. The second-order valence-corrected chi connectivity index (χ2v) is 13.8. The number of benzene rings is 1. The zero-order valence-electron chi connectivity index (χ0n) is 26.4. The van der Waals surface area contributed by atoms with E-state index in [0.717, 1.165) is 0 Å². The quantitative estimate of drug-likeness (QED) is 0.0731. The Morgan fingerprint density at radius 2 is 1.79 bits per heavy atom. The normalized spacial score (nSPS) is 18.5. The summed E-state index contributed by atoms with van der Waals surface area (Å²) in [5, 5.41) is 19.6. The van der Waals surface area contributed by atoms with Crippen LogP contribution in [0.3, 0.4) is 0 Å². The highest BCUT2D eigenvalue weighted by molar-refractivity contribution is 7.85. The molecule has 1 aromatic carbocycles. The molecule has 0 spiro atoms. The molecule has 17 nitrogen and oxygen atoms in total. The Kier molecular flexibility index (Phi) is 11.1. The molecule has 2 heterocycles. The van der Waals surface area contributed by atoms with E-state index < -0.39 is 46.3 Å². The van der Waals surface area contributed by atoms with Crippen LogP contribution in [0.15, 0.2) is 24.4 Å². The first-order chi connectivity index (χ1) is 22.0. The Labute approximate surface area is 271 Å². The van der Waals surface area contributed by atoms with Crippen molar-refractivity contribution in [3.05, 3.63) is 35.7 Å². The molecule has 0 atom stereocenters. The van der Waals surface area contributed by atoms with Crippen LogP contribution in [-0.2, 0) is 56.8 Å². The van der Waals surface area contributed by atoms with Gasteiger partial charge < -0.3 is 24.1 Å². The van der Waals surface area contributed by atoms with Gasteiger partial charge in [0.2, 0.25) is 0 Å². The molecule has 0 radical (unpaired) electrons. The number of imide groups is 1. The summed E-state index contributed by atoms with van der Waals surface area (Å²) in [5.41, 5.74) is 1.43. The molecule has 18 heteroatoms. The molecule has 4 rings (SSSR count). The molecule has 1 aliphatic heterocycles. The first-order valence-corrected chi connectivity index (χ1v) is 16.6. The van der Waals surface area contributed by atoms with Gasteiger partial charge in [0, 0.05) is 49.7 Å². The van der Waals surface area contributed by atoms with Crippen molar-refractivity contribution >= 4 is 45.2 Å². The maximum absolute atomic E-state index is 12.3. The number of nitrogens with zero attached hydrogens (tertiary/aromatic N) is 6. The van der Waals surface area contributed by atoms with Gasteiger partial charge in [-0.05, 0) is 13.0 Å². The number of phenolic OH excluding ortho intramolecular Hbond substituents is 1. The SMILES string of the molecule is CC1C(=O)C(c2ccc(N(CCOCC(=O)ON3C(=O)CCC3=O)CCn3cc(C[N+](C)(C)CCCS(=O)(=O)O)nn3)cc2O)C1=O. The number of hydrogen-bond acceptors (Lipinski definition) is 13. The van der Waals surface area contributed by atoms with Crippen LogP contribution in [0.4, 0.5) is 5.69 Å². The van der Waals surface area contributed by atoms with Gasteiger partial charge in [0.15, 0.2) is 11.6 Å². The van der Waals surface area contributed by atoms with E-state index in [9.17, 15) is 37.5 Å². The monoisotopic (exact) mass is 679 g/mol. The van der Waals surface area contributed by atoms with E-state index in [1.54, 1.807) is 16.9 Å². The first kappa shape index (κ1) is 35.6. The highest BCUT2D eigenvalue weighted by atomic mass is 32.2. The van der Waals surface area contributed by atoms with Gasteiger partial charge in [-0.25, -0.2) is 4.79 Å². The van der Waals surface area contributed by atoms with Crippen molar-refractivity contribution in [1.29, 1.82) is 0 Å². The molecule has 2 fully saturated rings. The fourth-order valence-electron chi connectivity index (χ4n) is 5.39. The highest BCUT2D eigenvalue weighted by Gasteiger charge is 2.47. The second-order valence-electron chi connectivity index (χ2n) is 12.2. The summed E-state index contributed by atoms with van der Waals surface area (Å²) in [7, 11) is -0.230. The number of ether oxygens (including phenoxy) is 1. The topological polar surface area (TPSA) is 216 Å². The lowest BCUT2D eigenvalue weighted by atomic mass is 9.69. The summed E-state index contributed by atoms with van der Waals surface area (Å²) >= 11 is 0. The third kappa shape index (κ3) is 9.40. The molecule has 1 saturated heterocycles. The molecule has 47 heavy (non-hydrogen) atoms. The van der Waals surface area contributed by atoms with E-state index in [1.807, 2.05) is 19.0 Å². The van der Waals surface area contributed by atoms with Gasteiger partial charge in [0.1, 0.15) is 30.5 Å². The van der Waals surface area contributed by atoms with Crippen LogP contribution < -0.4 is 4.90 Å². The zero-order chi connectivity index (χ0) is 34.5. The lowest BCUT2D eigenvalue weighted by molar-refractivity contribution is -0.903. The van der Waals surface area contributed by atoms with Crippen molar-refractivity contribution in [3.8, 4) is 5.75 Å². The summed E-state index contributed by atoms with van der Waals surface area (Å²) in [6.45, 7) is 2.84. The molecule has 1 aromatic heterocycles. The summed E-state index contributed by atoms with van der Waals surface area (Å²) in [5.74, 6) is -4.88. The number of aromatic hydroxyl groups is 1. The number of quaternary nitrogens is 1. The molecule has 2 amide bonds. The third-order valence-corrected chi connectivity index (χ3v) is 8.78. The molecule has 2 aromatic rings. The Hall–Kier alpha value is -4.26. The van der Waals surface area contributed by atoms with Gasteiger partial charge in [-0.15, -0.1) is 10.2 Å². The van der Waals surface area contributed by atoms with E-state index in [-0.39, 0.29) is 61.0 Å². The summed E-state index contributed by atoms with van der Waals surface area (Å²) in [4.78, 5) is 66.7. The molecule has 2 aliphatic rings. The highest BCUT2D eigenvalue weighted by Crippen LogP contribution is 2.39. The van der Waals surface area contributed by atoms with Gasteiger partial charge >= 0.3 is 5.97 Å². The van der Waals surface area contributed by atoms with E-state index in [1.165, 1.54) is 19.1 Å². The van der Waals surface area contributed by atoms with Crippen molar-refractivity contribution in [2.24, 2.45) is 5.92 Å². The largest absolute Gasteiger partial charge is 0.508 e. The fraction of sp³-hybridized carbons (Fsp3) is 0.552. The van der Waals surface area contributed by atoms with E-state index in [4.69, 9.17) is 14.1 Å². The number of hydroxylamine groups is 2. The lowest BCUT2D eigenvalue weighted by Crippen LogP contribution is -2.44. The Bertz CT molecular complexity index is 1610. The Balaban J connectivity index is 1.38. The standard InChI is InChI=1S/C29H38N6O11S/c1-19-28(40)27(29(19)41)22-6-5-21(15-23(22)36)32(11-13-45-18-26(39)46-34-24(37)7-8-25(34)38)9-10-33-16-20(30-31-33)17-35(2,3)12-4-14-47(42,43)44/h5-6,15-16,19,27H,4,7-14,17-18H2,1-3H3,(H-,36,42,43,44)/p+1. The minimum Gasteiger partial charge on any atom is -0.508 e. The molecule has 0 bridgehead atoms. The zero-order valence-corrected chi connectivity index (χ0v) is 27.2. The van der Waals surface area contributed by atoms with Crippen LogP contribution in [-0.4, -0.2) is 125 Å². The maximum atomic E-state index is 12.3. The van der Waals surface area contributed by atoms with E-state index in [2.05, 4.69) is 10.3 Å². The number of carbonyl (C=O) groups is 5. The number of Topliss-reactive ketones (excluding diaryl/α,β-unsaturated/α-hetero) is 2. The Morgan fingerprint density at radius 3 is 2.43 bits per heavy atom. The van der Waals surface area contributed by atoms with Crippen LogP contribution >= 0.6 is 0 Å². The summed E-state index contributed by atoms with van der Waals surface area (Å²) in [6, 6.07) is 4.63. The van der Waals surface area contributed by atoms with Crippen molar-refractivity contribution in [3.63, 3.8) is 0 Å². The molecule has 1 aliphatic carbocycles. The van der Waals surface area contributed by atoms with E-state index >= 15 is 0 Å². The lowest BCUT2D eigenvalue weighted by Gasteiger charge is -2.31. The summed E-state index contributed by atoms with van der Waals surface area (Å²) in [6.07, 6.45) is 1.97. The fourth-order valence-corrected chi connectivity index (χ4v) is 5.88. The molecule has 0 unspecified atom stereocenters. The number of ketones is 2. The van der Waals surface area contributed by atoms with Gasteiger partial charge in [0.25, 0.3) is 21.9 Å². The van der Waals surface area contributed by atoms with Crippen LogP contribution in [0, 0.1) is 5.92 Å². The Morgan fingerprint density at radius 1 is 1.11 bits per heavy atom. The molecular weight excluding hydrogens is 640 g/mol. The van der Waals surface area contributed by atoms with Crippen molar-refractivity contribution in [2.45, 2.75) is 45.2 Å². The van der Waals surface area contributed by atoms with Gasteiger partial charge in [-0.1, -0.05) is 11.3 Å². The smallest absolute Gasteiger partial charge is 0.358 e. The molecular formula is C29H39N6O11S+. The predicted molar refractivity (Wildman–Crippen MR) is 162 cm³/mol. The van der Waals surface area contributed by atoms with Gasteiger partial charge in [-0.2, -0.15) is 8.42 Å². The first-order valence-electron chi connectivity index (χ1n) is 15.0. The number of amides is 2. The number of anilines is 1. The second kappa shape index (κ2) is 14.7. The molecule has 256 valence electrons. The van der Waals surface area contributed by atoms with Crippen LogP contribution in [0.25, 0.3) is 0 Å². The predicted octanol–water partition coefficient (Wildman–Crippen LogP) is -0.160. The van der Waals surface area contributed by atoms with Crippen LogP contribution in [0.1, 0.15) is 43.4 Å². The molecule has 2 N–H and O–H groups in total. The van der Waals surface area contributed by atoms with E-state index in [0.29, 0.717) is 47.1 Å². The minimum atomic E-state index is -4.04. The van der Waals surface area contributed by atoms with Crippen molar-refractivity contribution in [1.82, 2.24) is 20.1 Å². The van der Waals surface area contributed by atoms with Crippen LogP contribution in [0.5, 0.6) is 5.75 Å². The number of rotatable bonds is 17. The van der Waals surface area contributed by atoms with Crippen molar-refractivity contribution in [2.75, 3.05) is 57.6 Å². The molecule has 1 saturated carbocycles. The summed E-state index contributed by atoms with van der Waals surface area (Å²) < 4.78 is 38.6. The van der Waals surface area contributed by atoms with Gasteiger partial charge in [0.05, 0.1) is 51.7 Å². The average molecular weight is 680 g/mol. The number of aromatic nitrogens is 3. The number of carbonyl (C=O) groups excluding carboxylic acids is 5. The maximum Gasteiger partial charge on any atom is 0.358 e. The number of phenols is 1.